The van der Waals surface area contributed by atoms with E-state index >= 15 is 0 Å². The van der Waals surface area contributed by atoms with Crippen molar-refractivity contribution < 1.29 is 19.1 Å². The van der Waals surface area contributed by atoms with E-state index in [1.54, 1.807) is 35.2 Å². The van der Waals surface area contributed by atoms with E-state index in [4.69, 9.17) is 33.8 Å². The minimum absolute atomic E-state index is 0.117. The van der Waals surface area contributed by atoms with Crippen LogP contribution >= 0.6 is 23.2 Å². The molecule has 2 aromatic rings. The quantitative estimate of drug-likeness (QED) is 0.251. The Kier molecular flexibility index (Phi) is 7.62. The zero-order chi connectivity index (χ0) is 25.3. The van der Waals surface area contributed by atoms with Gasteiger partial charge in [-0.25, -0.2) is 10.9 Å². The maximum atomic E-state index is 13.9. The van der Waals surface area contributed by atoms with Crippen LogP contribution in [0.15, 0.2) is 61.2 Å². The summed E-state index contributed by atoms with van der Waals surface area (Å²) in [6.45, 7) is 4.98. The molecule has 4 atom stereocenters. The molecule has 184 valence electrons. The summed E-state index contributed by atoms with van der Waals surface area (Å²) in [6.07, 6.45) is 1.84. The van der Waals surface area contributed by atoms with E-state index in [1.165, 1.54) is 6.92 Å². The van der Waals surface area contributed by atoms with E-state index in [-0.39, 0.29) is 18.2 Å². The van der Waals surface area contributed by atoms with Gasteiger partial charge in [-0.3, -0.25) is 14.4 Å². The van der Waals surface area contributed by atoms with Crippen LogP contribution in [-0.4, -0.2) is 39.8 Å². The number of carbonyl (C=O) groups excluding carboxylic acids is 3. The highest BCUT2D eigenvalue weighted by Gasteiger charge is 2.53. The lowest BCUT2D eigenvalue weighted by Crippen LogP contribution is -2.61. The Labute approximate surface area is 214 Å². The average molecular weight is 516 g/mol. The predicted octanol–water partition coefficient (Wildman–Crippen LogP) is 4.61. The number of benzene rings is 2. The largest absolute Gasteiger partial charge is 0.358 e. The van der Waals surface area contributed by atoms with Gasteiger partial charge in [0.1, 0.15) is 18.2 Å². The highest BCUT2D eigenvalue weighted by atomic mass is 35.5. The van der Waals surface area contributed by atoms with Gasteiger partial charge in [-0.1, -0.05) is 53.5 Å². The van der Waals surface area contributed by atoms with Gasteiger partial charge in [-0.15, -0.1) is 6.58 Å². The summed E-state index contributed by atoms with van der Waals surface area (Å²) in [5, 5.41) is 1.65. The van der Waals surface area contributed by atoms with Gasteiger partial charge >= 0.3 is 0 Å². The maximum absolute atomic E-state index is 13.9. The third-order valence-corrected chi connectivity index (χ3v) is 6.88. The molecule has 0 unspecified atom stereocenters. The number of hydrazine groups is 1. The maximum Gasteiger partial charge on any atom is 0.266 e. The average Bonchev–Trinajstić information content (AvgIpc) is 3.66. The zero-order valence-corrected chi connectivity index (χ0v) is 20.8. The number of hydrogen-bond acceptors (Lipinski definition) is 5. The lowest BCUT2D eigenvalue weighted by atomic mass is 9.89. The molecule has 0 aromatic heterocycles. The molecule has 1 heterocycles. The Hall–Kier alpha value is -2.71. The molecule has 4 rings (SSSR count). The second kappa shape index (κ2) is 10.5. The standard InChI is InChI=1S/C26H27Cl2N3O4/c1-3-5-21-25(33)30(23(17-8-9-17)26(34)31(29)15(2)32)22(16-10-12-19(27)13-11-16)24(35-21)18-6-4-7-20(28)14-18/h3-4,6-7,10-14,17,21-24H,1,5,8-9,29H2,2H3/t21-,22+,23+,24-/m0/s1. The Morgan fingerprint density at radius 2 is 1.86 bits per heavy atom. The fourth-order valence-electron chi connectivity index (χ4n) is 4.57. The van der Waals surface area contributed by atoms with Crippen molar-refractivity contribution in [2.75, 3.05) is 0 Å². The van der Waals surface area contributed by atoms with E-state index in [1.807, 2.05) is 24.3 Å². The highest BCUT2D eigenvalue weighted by Crippen LogP contribution is 2.48. The Morgan fingerprint density at radius 3 is 2.43 bits per heavy atom. The summed E-state index contributed by atoms with van der Waals surface area (Å²) < 4.78 is 6.37. The fraction of sp³-hybridized carbons (Fsp3) is 0.346. The van der Waals surface area contributed by atoms with Gasteiger partial charge < -0.3 is 9.64 Å². The summed E-state index contributed by atoms with van der Waals surface area (Å²) >= 11 is 12.5. The van der Waals surface area contributed by atoms with Gasteiger partial charge in [0, 0.05) is 23.4 Å². The van der Waals surface area contributed by atoms with Crippen molar-refractivity contribution >= 4 is 40.9 Å². The number of nitrogens with two attached hydrogens (primary N) is 1. The van der Waals surface area contributed by atoms with Crippen LogP contribution in [0.2, 0.25) is 10.0 Å². The van der Waals surface area contributed by atoms with Crippen molar-refractivity contribution in [3.05, 3.63) is 82.4 Å². The SMILES string of the molecule is C=CC[C@@H]1O[C@@H](c2cccc(Cl)c2)[C@@H](c2ccc(Cl)cc2)N([C@@H](C(=O)N(N)C(C)=O)C2CC2)C1=O. The first-order chi connectivity index (χ1) is 16.7. The number of ether oxygens (including phenoxy) is 1. The highest BCUT2D eigenvalue weighted by molar-refractivity contribution is 6.30. The second-order valence-electron chi connectivity index (χ2n) is 8.88. The van der Waals surface area contributed by atoms with E-state index < -0.39 is 36.1 Å². The summed E-state index contributed by atoms with van der Waals surface area (Å²) in [6, 6.07) is 12.7. The smallest absolute Gasteiger partial charge is 0.266 e. The third kappa shape index (κ3) is 5.28. The number of hydrogen-bond donors (Lipinski definition) is 1. The molecule has 1 saturated heterocycles. The van der Waals surface area contributed by atoms with Gasteiger partial charge in [0.15, 0.2) is 0 Å². The number of nitrogens with zero attached hydrogens (tertiary/aromatic N) is 2. The molecular weight excluding hydrogens is 489 g/mol. The topological polar surface area (TPSA) is 92.9 Å². The van der Waals surface area contributed by atoms with E-state index in [2.05, 4.69) is 6.58 Å². The molecule has 1 aliphatic heterocycles. The van der Waals surface area contributed by atoms with Gasteiger partial charge in [0.2, 0.25) is 5.91 Å². The fourth-order valence-corrected chi connectivity index (χ4v) is 4.90. The summed E-state index contributed by atoms with van der Waals surface area (Å²) in [4.78, 5) is 40.9. The van der Waals surface area contributed by atoms with Crippen LogP contribution in [0.25, 0.3) is 0 Å². The number of imide groups is 1. The predicted molar refractivity (Wildman–Crippen MR) is 133 cm³/mol. The molecule has 2 aliphatic rings. The molecule has 1 aliphatic carbocycles. The normalized spacial score (nSPS) is 23.0. The lowest BCUT2D eigenvalue weighted by Gasteiger charge is -2.48. The molecule has 0 spiro atoms. The number of carbonyl (C=O) groups is 3. The third-order valence-electron chi connectivity index (χ3n) is 6.39. The molecule has 9 heteroatoms. The van der Waals surface area contributed by atoms with Gasteiger partial charge in [-0.2, -0.15) is 0 Å². The molecule has 2 aromatic carbocycles. The van der Waals surface area contributed by atoms with Crippen LogP contribution in [0, 0.1) is 5.92 Å². The molecule has 7 nitrogen and oxygen atoms in total. The summed E-state index contributed by atoms with van der Waals surface area (Å²) in [5.74, 6) is 4.17. The van der Waals surface area contributed by atoms with Crippen LogP contribution in [0.5, 0.6) is 0 Å². The molecule has 0 bridgehead atoms. The second-order valence-corrected chi connectivity index (χ2v) is 9.75. The molecule has 3 amide bonds. The van der Waals surface area contributed by atoms with Crippen LogP contribution in [0.3, 0.4) is 0 Å². The van der Waals surface area contributed by atoms with Crippen LogP contribution < -0.4 is 5.84 Å². The van der Waals surface area contributed by atoms with Crippen LogP contribution in [-0.2, 0) is 19.1 Å². The van der Waals surface area contributed by atoms with Gasteiger partial charge in [-0.05, 0) is 54.2 Å². The Morgan fingerprint density at radius 1 is 1.17 bits per heavy atom. The Bertz CT molecular complexity index is 1140. The molecule has 0 radical (unpaired) electrons. The summed E-state index contributed by atoms with van der Waals surface area (Å²) in [5.41, 5.74) is 1.48. The first kappa shape index (κ1) is 25.4. The first-order valence-electron chi connectivity index (χ1n) is 11.4. The van der Waals surface area contributed by atoms with Crippen LogP contribution in [0.1, 0.15) is 49.5 Å². The summed E-state index contributed by atoms with van der Waals surface area (Å²) in [7, 11) is 0. The van der Waals surface area contributed by atoms with Crippen LogP contribution in [0.4, 0.5) is 0 Å². The van der Waals surface area contributed by atoms with Crippen molar-refractivity contribution in [3.8, 4) is 0 Å². The van der Waals surface area contributed by atoms with Gasteiger partial charge in [0.25, 0.3) is 11.8 Å². The minimum Gasteiger partial charge on any atom is -0.358 e. The van der Waals surface area contributed by atoms with Crippen molar-refractivity contribution in [1.29, 1.82) is 0 Å². The Balaban J connectivity index is 1.89. The zero-order valence-electron chi connectivity index (χ0n) is 19.3. The monoisotopic (exact) mass is 515 g/mol. The van der Waals surface area contributed by atoms with E-state index in [9.17, 15) is 14.4 Å². The number of halogens is 2. The molecular formula is C26H27Cl2N3O4. The lowest BCUT2D eigenvalue weighted by molar-refractivity contribution is -0.184. The van der Waals surface area contributed by atoms with Gasteiger partial charge in [0.05, 0.1) is 6.04 Å². The van der Waals surface area contributed by atoms with E-state index in [0.29, 0.717) is 15.1 Å². The van der Waals surface area contributed by atoms with E-state index in [0.717, 1.165) is 24.0 Å². The first-order valence-corrected chi connectivity index (χ1v) is 12.2. The minimum atomic E-state index is -0.921. The molecule has 2 fully saturated rings. The molecule has 2 N–H and O–H groups in total. The van der Waals surface area contributed by atoms with Crippen molar-refractivity contribution in [3.63, 3.8) is 0 Å². The van der Waals surface area contributed by atoms with Crippen molar-refractivity contribution in [2.24, 2.45) is 11.8 Å². The van der Waals surface area contributed by atoms with Crippen molar-refractivity contribution in [1.82, 2.24) is 9.91 Å². The van der Waals surface area contributed by atoms with Crippen molar-refractivity contribution in [2.45, 2.75) is 50.5 Å². The number of rotatable bonds is 7. The molecule has 35 heavy (non-hydrogen) atoms. The molecule has 1 saturated carbocycles. The number of amides is 3. The number of morpholine rings is 1.